The Hall–Kier alpha value is -1.56. The van der Waals surface area contributed by atoms with E-state index in [9.17, 15) is 13.6 Å². The number of ether oxygens (including phenoxy) is 1. The van der Waals surface area contributed by atoms with Crippen LogP contribution in [-0.2, 0) is 22.5 Å². The van der Waals surface area contributed by atoms with E-state index >= 15 is 0 Å². The van der Waals surface area contributed by atoms with Crippen molar-refractivity contribution >= 4 is 5.97 Å². The molecule has 0 bridgehead atoms. The summed E-state index contributed by atoms with van der Waals surface area (Å²) in [5.41, 5.74) is 6.54. The lowest BCUT2D eigenvalue weighted by molar-refractivity contribution is -0.142. The Balaban J connectivity index is 3.15. The van der Waals surface area contributed by atoms with Gasteiger partial charge < -0.3 is 10.5 Å². The fraction of sp³-hybridized carbons (Fsp3) is 0.500. The van der Waals surface area contributed by atoms with Crippen LogP contribution < -0.4 is 5.73 Å². The van der Waals surface area contributed by atoms with Gasteiger partial charge in [0.2, 0.25) is 0 Å². The van der Waals surface area contributed by atoms with Gasteiger partial charge in [-0.2, -0.15) is 0 Å². The van der Waals surface area contributed by atoms with Gasteiger partial charge in [0.25, 0.3) is 6.43 Å². The second-order valence-electron chi connectivity index (χ2n) is 3.75. The molecule has 1 rings (SSSR count). The zero-order chi connectivity index (χ0) is 13.7. The second kappa shape index (κ2) is 6.39. The van der Waals surface area contributed by atoms with Crippen molar-refractivity contribution in [2.45, 2.75) is 33.2 Å². The highest BCUT2D eigenvalue weighted by Crippen LogP contribution is 2.26. The number of nitrogens with two attached hydrogens (primary N) is 1. The Kier molecular flexibility index (Phi) is 5.15. The predicted octanol–water partition coefficient (Wildman–Crippen LogP) is 1.89. The van der Waals surface area contributed by atoms with Crippen molar-refractivity contribution in [2.24, 2.45) is 5.73 Å². The van der Waals surface area contributed by atoms with Crippen molar-refractivity contribution in [3.05, 3.63) is 28.6 Å². The van der Waals surface area contributed by atoms with E-state index in [0.717, 1.165) is 6.20 Å². The summed E-state index contributed by atoms with van der Waals surface area (Å²) in [7, 11) is 0. The van der Waals surface area contributed by atoms with Gasteiger partial charge in [-0.1, -0.05) is 0 Å². The van der Waals surface area contributed by atoms with Crippen LogP contribution >= 0.6 is 0 Å². The third-order valence-electron chi connectivity index (χ3n) is 2.65. The van der Waals surface area contributed by atoms with Crippen LogP contribution in [0.2, 0.25) is 0 Å². The highest BCUT2D eigenvalue weighted by molar-refractivity contribution is 5.73. The zero-order valence-corrected chi connectivity index (χ0v) is 10.4. The molecule has 0 aliphatic carbocycles. The third-order valence-corrected chi connectivity index (χ3v) is 2.65. The number of rotatable bonds is 5. The van der Waals surface area contributed by atoms with Crippen LogP contribution in [0.5, 0.6) is 0 Å². The maximum Gasteiger partial charge on any atom is 0.310 e. The largest absolute Gasteiger partial charge is 0.466 e. The Labute approximate surface area is 104 Å². The summed E-state index contributed by atoms with van der Waals surface area (Å²) >= 11 is 0. The molecule has 0 spiro atoms. The minimum absolute atomic E-state index is 0.144. The molecule has 0 aliphatic rings. The minimum Gasteiger partial charge on any atom is -0.466 e. The SMILES string of the molecule is CCOC(=O)Cc1c(C(F)F)cnc(CN)c1C. The molecule has 2 N–H and O–H groups in total. The molecule has 0 fully saturated rings. The van der Waals surface area contributed by atoms with Crippen molar-refractivity contribution in [2.75, 3.05) is 6.61 Å². The van der Waals surface area contributed by atoms with Crippen LogP contribution in [0.4, 0.5) is 8.78 Å². The Morgan fingerprint density at radius 2 is 2.22 bits per heavy atom. The van der Waals surface area contributed by atoms with Crippen molar-refractivity contribution < 1.29 is 18.3 Å². The summed E-state index contributed by atoms with van der Waals surface area (Å²) in [6, 6.07) is 0. The maximum atomic E-state index is 12.9. The van der Waals surface area contributed by atoms with Crippen LogP contribution in [0.3, 0.4) is 0 Å². The van der Waals surface area contributed by atoms with Gasteiger partial charge in [0.05, 0.1) is 18.7 Å². The van der Waals surface area contributed by atoms with Crippen molar-refractivity contribution in [3.63, 3.8) is 0 Å². The first kappa shape index (κ1) is 14.5. The van der Waals surface area contributed by atoms with Gasteiger partial charge in [-0.3, -0.25) is 9.78 Å². The molecule has 0 radical (unpaired) electrons. The van der Waals surface area contributed by atoms with Gasteiger partial charge >= 0.3 is 5.97 Å². The number of nitrogens with zero attached hydrogens (tertiary/aromatic N) is 1. The normalized spacial score (nSPS) is 10.8. The molecular weight excluding hydrogens is 242 g/mol. The first-order valence-corrected chi connectivity index (χ1v) is 5.62. The maximum absolute atomic E-state index is 12.9. The number of carbonyl (C=O) groups excluding carboxylic acids is 1. The topological polar surface area (TPSA) is 65.2 Å². The molecule has 0 saturated heterocycles. The third kappa shape index (κ3) is 3.22. The number of hydrogen-bond donors (Lipinski definition) is 1. The van der Waals surface area contributed by atoms with Crippen molar-refractivity contribution in [3.8, 4) is 0 Å². The van der Waals surface area contributed by atoms with Crippen LogP contribution in [-0.4, -0.2) is 17.6 Å². The molecule has 1 heterocycles. The molecule has 1 aromatic heterocycles. The van der Waals surface area contributed by atoms with Crippen LogP contribution in [0, 0.1) is 6.92 Å². The highest BCUT2D eigenvalue weighted by atomic mass is 19.3. The van der Waals surface area contributed by atoms with Gasteiger partial charge in [-0.25, -0.2) is 8.78 Å². The van der Waals surface area contributed by atoms with E-state index in [4.69, 9.17) is 10.5 Å². The number of carbonyl (C=O) groups is 1. The summed E-state index contributed by atoms with van der Waals surface area (Å²) in [5.74, 6) is -0.531. The summed E-state index contributed by atoms with van der Waals surface area (Å²) in [4.78, 5) is 15.3. The molecule has 0 aromatic carbocycles. The monoisotopic (exact) mass is 258 g/mol. The first-order chi connectivity index (χ1) is 8.51. The molecule has 0 amide bonds. The summed E-state index contributed by atoms with van der Waals surface area (Å²) in [6.07, 6.45) is -1.78. The van der Waals surface area contributed by atoms with E-state index in [0.29, 0.717) is 11.3 Å². The molecule has 100 valence electrons. The Bertz CT molecular complexity index is 436. The number of hydrogen-bond acceptors (Lipinski definition) is 4. The Morgan fingerprint density at radius 3 is 2.72 bits per heavy atom. The van der Waals surface area contributed by atoms with E-state index in [1.54, 1.807) is 13.8 Å². The smallest absolute Gasteiger partial charge is 0.310 e. The van der Waals surface area contributed by atoms with Crippen LogP contribution in [0.15, 0.2) is 6.20 Å². The highest BCUT2D eigenvalue weighted by Gasteiger charge is 2.20. The molecule has 18 heavy (non-hydrogen) atoms. The summed E-state index contributed by atoms with van der Waals surface area (Å²) in [5, 5.41) is 0. The fourth-order valence-corrected chi connectivity index (χ4v) is 1.70. The molecule has 1 aromatic rings. The van der Waals surface area contributed by atoms with Crippen LogP contribution in [0.1, 0.15) is 35.7 Å². The van der Waals surface area contributed by atoms with Crippen molar-refractivity contribution in [1.29, 1.82) is 0 Å². The fourth-order valence-electron chi connectivity index (χ4n) is 1.70. The molecule has 0 atom stereocenters. The molecular formula is C12H16F2N2O2. The molecule has 6 heteroatoms. The molecule has 0 aliphatic heterocycles. The lowest BCUT2D eigenvalue weighted by atomic mass is 9.99. The van der Waals surface area contributed by atoms with E-state index in [1.165, 1.54) is 0 Å². The average Bonchev–Trinajstić information content (AvgIpc) is 2.31. The number of esters is 1. The van der Waals surface area contributed by atoms with Crippen molar-refractivity contribution in [1.82, 2.24) is 4.98 Å². The quantitative estimate of drug-likeness (QED) is 0.819. The zero-order valence-electron chi connectivity index (χ0n) is 10.4. The predicted molar refractivity (Wildman–Crippen MR) is 62.2 cm³/mol. The van der Waals surface area contributed by atoms with Gasteiger partial charge in [0, 0.05) is 18.3 Å². The van der Waals surface area contributed by atoms with E-state index in [-0.39, 0.29) is 30.7 Å². The summed E-state index contributed by atoms with van der Waals surface area (Å²) in [6.45, 7) is 3.66. The Morgan fingerprint density at radius 1 is 1.56 bits per heavy atom. The van der Waals surface area contributed by atoms with Crippen LogP contribution in [0.25, 0.3) is 0 Å². The molecule has 4 nitrogen and oxygen atoms in total. The number of aromatic nitrogens is 1. The van der Waals surface area contributed by atoms with E-state index in [2.05, 4.69) is 4.98 Å². The van der Waals surface area contributed by atoms with E-state index in [1.807, 2.05) is 0 Å². The lowest BCUT2D eigenvalue weighted by Crippen LogP contribution is -2.14. The number of halogens is 2. The number of pyridine rings is 1. The minimum atomic E-state index is -2.67. The second-order valence-corrected chi connectivity index (χ2v) is 3.75. The standard InChI is InChI=1S/C12H16F2N2O2/c1-3-18-11(17)4-8-7(2)10(5-15)16-6-9(8)12(13)14/h6,12H,3-5,15H2,1-2H3. The molecule has 0 unspecified atom stereocenters. The number of alkyl halides is 2. The van der Waals surface area contributed by atoms with Gasteiger partial charge in [-0.15, -0.1) is 0 Å². The van der Waals surface area contributed by atoms with Gasteiger partial charge in [-0.05, 0) is 25.0 Å². The lowest BCUT2D eigenvalue weighted by Gasteiger charge is -2.14. The van der Waals surface area contributed by atoms with Gasteiger partial charge in [0.15, 0.2) is 0 Å². The summed E-state index contributed by atoms with van der Waals surface area (Å²) < 4.78 is 30.5. The first-order valence-electron chi connectivity index (χ1n) is 5.62. The van der Waals surface area contributed by atoms with Gasteiger partial charge in [0.1, 0.15) is 0 Å². The van der Waals surface area contributed by atoms with E-state index < -0.39 is 12.4 Å². The molecule has 0 saturated carbocycles. The average molecular weight is 258 g/mol.